The van der Waals surface area contributed by atoms with E-state index in [2.05, 4.69) is 0 Å². The maximum atomic E-state index is 10.5. The molecule has 0 fully saturated rings. The number of nitro groups is 1. The van der Waals surface area contributed by atoms with Crippen molar-refractivity contribution in [3.8, 4) is 21.9 Å². The van der Waals surface area contributed by atoms with E-state index in [9.17, 15) is 20.3 Å². The molecule has 0 spiro atoms. The Morgan fingerprint density at radius 1 is 1.12 bits per heavy atom. The van der Waals surface area contributed by atoms with Crippen molar-refractivity contribution in [2.24, 2.45) is 0 Å². The number of nitrogens with zero attached hydrogens (tertiary/aromatic N) is 1. The van der Waals surface area contributed by atoms with Crippen LogP contribution in [0.1, 0.15) is 0 Å². The zero-order valence-electron chi connectivity index (χ0n) is 7.95. The Hall–Kier alpha value is -2.08. The molecule has 1 heterocycles. The molecule has 1 aromatic heterocycles. The van der Waals surface area contributed by atoms with Crippen molar-refractivity contribution in [2.75, 3.05) is 0 Å². The minimum Gasteiger partial charge on any atom is -0.508 e. The summed E-state index contributed by atoms with van der Waals surface area (Å²) in [6.07, 6.45) is 0. The first-order valence-electron chi connectivity index (χ1n) is 4.32. The fourth-order valence-electron chi connectivity index (χ4n) is 1.31. The first-order valence-corrected chi connectivity index (χ1v) is 5.20. The molecule has 0 saturated carbocycles. The van der Waals surface area contributed by atoms with Crippen molar-refractivity contribution in [1.82, 2.24) is 0 Å². The van der Waals surface area contributed by atoms with Gasteiger partial charge in [-0.25, -0.2) is 0 Å². The van der Waals surface area contributed by atoms with Gasteiger partial charge >= 0.3 is 0 Å². The second-order valence-corrected chi connectivity index (χ2v) is 4.08. The van der Waals surface area contributed by atoms with Gasteiger partial charge in [0.25, 0.3) is 5.69 Å². The second kappa shape index (κ2) is 3.82. The van der Waals surface area contributed by atoms with Crippen LogP contribution in [0.25, 0.3) is 10.4 Å². The highest BCUT2D eigenvalue weighted by molar-refractivity contribution is 7.14. The first-order chi connectivity index (χ1) is 7.56. The highest BCUT2D eigenvalue weighted by atomic mass is 32.1. The first kappa shape index (κ1) is 10.4. The highest BCUT2D eigenvalue weighted by Crippen LogP contribution is 2.34. The van der Waals surface area contributed by atoms with Gasteiger partial charge in [0.05, 0.1) is 10.3 Å². The van der Waals surface area contributed by atoms with E-state index >= 15 is 0 Å². The van der Waals surface area contributed by atoms with Crippen molar-refractivity contribution in [3.63, 3.8) is 0 Å². The zero-order chi connectivity index (χ0) is 11.7. The Kier molecular flexibility index (Phi) is 2.49. The van der Waals surface area contributed by atoms with Gasteiger partial charge < -0.3 is 10.2 Å². The van der Waals surface area contributed by atoms with Gasteiger partial charge in [-0.15, -0.1) is 11.3 Å². The average Bonchev–Trinajstić information content (AvgIpc) is 2.64. The molecule has 0 radical (unpaired) electrons. The number of aromatic hydroxyl groups is 2. The van der Waals surface area contributed by atoms with E-state index in [1.807, 2.05) is 0 Å². The standard InChI is InChI=1S/C10H7NO4S/c12-8-1-6(2-9(13)4-8)10-3-7(5-16-10)11(14)15/h1-5,12-13H. The molecule has 2 N–H and O–H groups in total. The zero-order valence-corrected chi connectivity index (χ0v) is 8.77. The molecule has 0 atom stereocenters. The minimum atomic E-state index is -0.483. The molecule has 6 heteroatoms. The summed E-state index contributed by atoms with van der Waals surface area (Å²) >= 11 is 1.18. The molecule has 2 aromatic rings. The second-order valence-electron chi connectivity index (χ2n) is 3.16. The quantitative estimate of drug-likeness (QED) is 0.621. The molecular formula is C10H7NO4S. The van der Waals surface area contributed by atoms with Crippen LogP contribution in [-0.4, -0.2) is 15.1 Å². The summed E-state index contributed by atoms with van der Waals surface area (Å²) in [5.41, 5.74) is 0.554. The number of rotatable bonds is 2. The van der Waals surface area contributed by atoms with Crippen LogP contribution < -0.4 is 0 Å². The monoisotopic (exact) mass is 237 g/mol. The molecule has 0 aliphatic rings. The molecule has 5 nitrogen and oxygen atoms in total. The molecule has 0 bridgehead atoms. The lowest BCUT2D eigenvalue weighted by Crippen LogP contribution is -1.82. The van der Waals surface area contributed by atoms with E-state index in [4.69, 9.17) is 0 Å². The third-order valence-electron chi connectivity index (χ3n) is 1.98. The van der Waals surface area contributed by atoms with Crippen LogP contribution in [0.4, 0.5) is 5.69 Å². The summed E-state index contributed by atoms with van der Waals surface area (Å²) < 4.78 is 0. The largest absolute Gasteiger partial charge is 0.508 e. The summed E-state index contributed by atoms with van der Waals surface area (Å²) in [6, 6.07) is 5.48. The molecular weight excluding hydrogens is 230 g/mol. The summed E-state index contributed by atoms with van der Waals surface area (Å²) in [6.45, 7) is 0. The van der Waals surface area contributed by atoms with E-state index in [0.717, 1.165) is 0 Å². The van der Waals surface area contributed by atoms with Gasteiger partial charge in [-0.3, -0.25) is 10.1 Å². The van der Waals surface area contributed by atoms with Gasteiger partial charge in [-0.05, 0) is 17.7 Å². The molecule has 82 valence electrons. The van der Waals surface area contributed by atoms with Crippen molar-refractivity contribution in [2.45, 2.75) is 0 Å². The molecule has 0 saturated heterocycles. The van der Waals surface area contributed by atoms with Crippen LogP contribution in [0.2, 0.25) is 0 Å². The lowest BCUT2D eigenvalue weighted by atomic mass is 10.1. The Morgan fingerprint density at radius 3 is 2.25 bits per heavy atom. The van der Waals surface area contributed by atoms with Crippen LogP contribution in [0, 0.1) is 10.1 Å². The van der Waals surface area contributed by atoms with E-state index < -0.39 is 4.92 Å². The van der Waals surface area contributed by atoms with Crippen LogP contribution >= 0.6 is 11.3 Å². The van der Waals surface area contributed by atoms with Gasteiger partial charge in [0.1, 0.15) is 11.5 Å². The molecule has 1 aromatic carbocycles. The summed E-state index contributed by atoms with van der Waals surface area (Å²) in [4.78, 5) is 10.6. The van der Waals surface area contributed by atoms with Gasteiger partial charge in [0, 0.05) is 17.0 Å². The third kappa shape index (κ3) is 1.96. The molecule has 16 heavy (non-hydrogen) atoms. The van der Waals surface area contributed by atoms with Crippen molar-refractivity contribution in [3.05, 3.63) is 39.8 Å². The van der Waals surface area contributed by atoms with Crippen LogP contribution in [0.5, 0.6) is 11.5 Å². The van der Waals surface area contributed by atoms with E-state index in [0.29, 0.717) is 10.4 Å². The summed E-state index contributed by atoms with van der Waals surface area (Å²) in [5.74, 6) is -0.155. The predicted molar refractivity (Wildman–Crippen MR) is 59.7 cm³/mol. The molecule has 0 aliphatic carbocycles. The minimum absolute atomic E-state index is 0.00262. The predicted octanol–water partition coefficient (Wildman–Crippen LogP) is 2.73. The SMILES string of the molecule is O=[N+]([O-])c1csc(-c2cc(O)cc(O)c2)c1. The van der Waals surface area contributed by atoms with Crippen molar-refractivity contribution in [1.29, 1.82) is 0 Å². The number of phenols is 2. The molecule has 0 unspecified atom stereocenters. The van der Waals surface area contributed by atoms with Crippen molar-refractivity contribution >= 4 is 17.0 Å². The maximum Gasteiger partial charge on any atom is 0.280 e. The maximum absolute atomic E-state index is 10.5. The Balaban J connectivity index is 2.46. The fourth-order valence-corrected chi connectivity index (χ4v) is 2.16. The lowest BCUT2D eigenvalue weighted by molar-refractivity contribution is -0.384. The van der Waals surface area contributed by atoms with E-state index in [1.165, 1.54) is 41.0 Å². The molecule has 0 aliphatic heterocycles. The summed E-state index contributed by atoms with van der Waals surface area (Å²) in [7, 11) is 0. The average molecular weight is 237 g/mol. The number of benzene rings is 1. The van der Waals surface area contributed by atoms with Crippen LogP contribution in [0.15, 0.2) is 29.6 Å². The summed E-state index contributed by atoms with van der Waals surface area (Å²) in [5, 5.41) is 30.5. The van der Waals surface area contributed by atoms with Crippen LogP contribution in [-0.2, 0) is 0 Å². The van der Waals surface area contributed by atoms with Crippen molar-refractivity contribution < 1.29 is 15.1 Å². The van der Waals surface area contributed by atoms with E-state index in [1.54, 1.807) is 0 Å². The number of phenolic OH excluding ortho intramolecular Hbond substituents is 2. The topological polar surface area (TPSA) is 83.6 Å². The smallest absolute Gasteiger partial charge is 0.280 e. The Labute approximate surface area is 94.4 Å². The normalized spacial score (nSPS) is 10.2. The highest BCUT2D eigenvalue weighted by Gasteiger charge is 2.11. The molecule has 2 rings (SSSR count). The van der Waals surface area contributed by atoms with Gasteiger partial charge in [0.2, 0.25) is 0 Å². The fraction of sp³-hybridized carbons (Fsp3) is 0. The lowest BCUT2D eigenvalue weighted by Gasteiger charge is -1.99. The number of thiophene rings is 1. The van der Waals surface area contributed by atoms with Gasteiger partial charge in [0.15, 0.2) is 0 Å². The van der Waals surface area contributed by atoms with Gasteiger partial charge in [-0.1, -0.05) is 0 Å². The van der Waals surface area contributed by atoms with Gasteiger partial charge in [-0.2, -0.15) is 0 Å². The van der Waals surface area contributed by atoms with Crippen LogP contribution in [0.3, 0.4) is 0 Å². The Bertz CT molecular complexity index is 529. The Morgan fingerprint density at radius 2 is 1.75 bits per heavy atom. The molecule has 0 amide bonds. The third-order valence-corrected chi connectivity index (χ3v) is 2.95. The van der Waals surface area contributed by atoms with E-state index in [-0.39, 0.29) is 17.2 Å². The number of hydrogen-bond donors (Lipinski definition) is 2. The number of hydrogen-bond acceptors (Lipinski definition) is 5.